The minimum Gasteiger partial charge on any atom is -0.481 e. The lowest BCUT2D eigenvalue weighted by Gasteiger charge is -2.35. The Balaban J connectivity index is 1.84. The van der Waals surface area contributed by atoms with Crippen LogP contribution in [0.2, 0.25) is 5.02 Å². The second kappa shape index (κ2) is 5.90. The maximum atomic E-state index is 11.8. The number of halogens is 2. The summed E-state index contributed by atoms with van der Waals surface area (Å²) in [6.07, 6.45) is 0. The fraction of sp³-hybridized carbons (Fsp3) is 0.333. The summed E-state index contributed by atoms with van der Waals surface area (Å²) < 4.78 is 0.836. The fourth-order valence-corrected chi connectivity index (χ4v) is 2.56. The van der Waals surface area contributed by atoms with Crippen LogP contribution in [-0.2, 0) is 9.59 Å². The number of benzene rings is 1. The second-order valence-electron chi connectivity index (χ2n) is 4.40. The SMILES string of the molecule is O=C(CN1CC(C(=O)O)C1)Nc1ccc(Br)cc1Cl. The zero-order valence-electron chi connectivity index (χ0n) is 9.90. The van der Waals surface area contributed by atoms with Gasteiger partial charge in [0.2, 0.25) is 5.91 Å². The second-order valence-corrected chi connectivity index (χ2v) is 5.72. The third-order valence-electron chi connectivity index (χ3n) is 2.88. The number of nitrogens with zero attached hydrogens (tertiary/aromatic N) is 1. The number of hydrogen-bond donors (Lipinski definition) is 2. The largest absolute Gasteiger partial charge is 0.481 e. The van der Waals surface area contributed by atoms with Crippen LogP contribution in [0.25, 0.3) is 0 Å². The third kappa shape index (κ3) is 3.68. The molecule has 0 spiro atoms. The minimum atomic E-state index is -0.812. The quantitative estimate of drug-likeness (QED) is 0.875. The van der Waals surface area contributed by atoms with E-state index >= 15 is 0 Å². The number of aliphatic carboxylic acids is 1. The first-order valence-electron chi connectivity index (χ1n) is 5.66. The maximum Gasteiger partial charge on any atom is 0.309 e. The molecule has 0 bridgehead atoms. The number of nitrogens with one attached hydrogen (secondary N) is 1. The molecule has 5 nitrogen and oxygen atoms in total. The summed E-state index contributed by atoms with van der Waals surface area (Å²) in [6.45, 7) is 1.00. The van der Waals surface area contributed by atoms with Crippen LogP contribution >= 0.6 is 27.5 Å². The van der Waals surface area contributed by atoms with Crippen LogP contribution in [0, 0.1) is 5.92 Å². The van der Waals surface area contributed by atoms with Crippen molar-refractivity contribution in [3.8, 4) is 0 Å². The van der Waals surface area contributed by atoms with E-state index in [0.29, 0.717) is 23.8 Å². The van der Waals surface area contributed by atoms with Crippen LogP contribution < -0.4 is 5.32 Å². The molecule has 2 N–H and O–H groups in total. The lowest BCUT2D eigenvalue weighted by Crippen LogP contribution is -2.52. The van der Waals surface area contributed by atoms with Gasteiger partial charge in [0.15, 0.2) is 0 Å². The predicted octanol–water partition coefficient (Wildman–Crippen LogP) is 2.06. The maximum absolute atomic E-state index is 11.8. The van der Waals surface area contributed by atoms with E-state index in [9.17, 15) is 9.59 Å². The summed E-state index contributed by atoms with van der Waals surface area (Å²) in [6, 6.07) is 5.19. The molecule has 2 rings (SSSR count). The molecule has 1 aliphatic heterocycles. The molecule has 1 fully saturated rings. The highest BCUT2D eigenvalue weighted by molar-refractivity contribution is 9.10. The molecule has 0 radical (unpaired) electrons. The third-order valence-corrected chi connectivity index (χ3v) is 3.68. The van der Waals surface area contributed by atoms with Crippen molar-refractivity contribution in [1.82, 2.24) is 4.90 Å². The first-order valence-corrected chi connectivity index (χ1v) is 6.83. The zero-order chi connectivity index (χ0) is 14.0. The molecule has 1 aliphatic rings. The van der Waals surface area contributed by atoms with Crippen LogP contribution in [0.4, 0.5) is 5.69 Å². The van der Waals surface area contributed by atoms with Gasteiger partial charge in [0.1, 0.15) is 0 Å². The Bertz CT molecular complexity index is 518. The number of carbonyl (C=O) groups excluding carboxylic acids is 1. The Morgan fingerprint density at radius 2 is 2.16 bits per heavy atom. The smallest absolute Gasteiger partial charge is 0.309 e. The van der Waals surface area contributed by atoms with Gasteiger partial charge in [-0.15, -0.1) is 0 Å². The molecule has 1 amide bonds. The molecular formula is C12H12BrClN2O3. The van der Waals surface area contributed by atoms with E-state index in [1.165, 1.54) is 0 Å². The Morgan fingerprint density at radius 3 is 2.74 bits per heavy atom. The average Bonchev–Trinajstić information content (AvgIpc) is 2.26. The van der Waals surface area contributed by atoms with Crippen LogP contribution in [0.5, 0.6) is 0 Å². The van der Waals surface area contributed by atoms with Crippen molar-refractivity contribution in [1.29, 1.82) is 0 Å². The summed E-state index contributed by atoms with van der Waals surface area (Å²) in [5, 5.41) is 11.9. The number of anilines is 1. The van der Waals surface area contributed by atoms with E-state index < -0.39 is 5.97 Å². The Kier molecular flexibility index (Phi) is 4.44. The number of rotatable bonds is 4. The number of carboxylic acid groups (broad SMARTS) is 1. The van der Waals surface area contributed by atoms with Gasteiger partial charge in [-0.2, -0.15) is 0 Å². The van der Waals surface area contributed by atoms with Crippen molar-refractivity contribution in [3.63, 3.8) is 0 Å². The lowest BCUT2D eigenvalue weighted by molar-refractivity contribution is -0.148. The normalized spacial score (nSPS) is 15.9. The van der Waals surface area contributed by atoms with E-state index in [4.69, 9.17) is 16.7 Å². The molecule has 0 unspecified atom stereocenters. The highest BCUT2D eigenvalue weighted by atomic mass is 79.9. The lowest BCUT2D eigenvalue weighted by atomic mass is 10.0. The molecule has 102 valence electrons. The first-order chi connectivity index (χ1) is 8.95. The molecule has 0 saturated carbocycles. The standard InChI is InChI=1S/C12H12BrClN2O3/c13-8-1-2-10(9(14)3-8)15-11(17)6-16-4-7(5-16)12(18)19/h1-3,7H,4-6H2,(H,15,17)(H,18,19). The van der Waals surface area contributed by atoms with Crippen molar-refractivity contribution >= 4 is 45.1 Å². The van der Waals surface area contributed by atoms with Gasteiger partial charge in [0.05, 0.1) is 23.2 Å². The molecule has 7 heteroatoms. The molecular weight excluding hydrogens is 336 g/mol. The van der Waals surface area contributed by atoms with Gasteiger partial charge in [-0.1, -0.05) is 27.5 Å². The Morgan fingerprint density at radius 1 is 1.47 bits per heavy atom. The Hall–Kier alpha value is -1.11. The average molecular weight is 348 g/mol. The molecule has 1 saturated heterocycles. The number of amides is 1. The zero-order valence-corrected chi connectivity index (χ0v) is 12.2. The van der Waals surface area contributed by atoms with Crippen molar-refractivity contribution in [3.05, 3.63) is 27.7 Å². The predicted molar refractivity (Wildman–Crippen MR) is 75.3 cm³/mol. The number of hydrogen-bond acceptors (Lipinski definition) is 3. The summed E-state index contributed by atoms with van der Waals surface area (Å²) in [5.41, 5.74) is 0.546. The Labute approximate surface area is 123 Å². The molecule has 0 aliphatic carbocycles. The summed E-state index contributed by atoms with van der Waals surface area (Å²) in [4.78, 5) is 24.2. The molecule has 1 aromatic rings. The van der Waals surface area contributed by atoms with Crippen molar-refractivity contribution in [2.45, 2.75) is 0 Å². The molecule has 1 aromatic carbocycles. The van der Waals surface area contributed by atoms with E-state index in [1.807, 2.05) is 0 Å². The molecule has 19 heavy (non-hydrogen) atoms. The van der Waals surface area contributed by atoms with Crippen molar-refractivity contribution < 1.29 is 14.7 Å². The molecule has 1 heterocycles. The van der Waals surface area contributed by atoms with Crippen molar-refractivity contribution in [2.75, 3.05) is 25.0 Å². The molecule has 0 aromatic heterocycles. The van der Waals surface area contributed by atoms with Gasteiger partial charge < -0.3 is 10.4 Å². The minimum absolute atomic E-state index is 0.177. The summed E-state index contributed by atoms with van der Waals surface area (Å²) in [5.74, 6) is -1.37. The summed E-state index contributed by atoms with van der Waals surface area (Å²) >= 11 is 9.27. The van der Waals surface area contributed by atoms with E-state index in [1.54, 1.807) is 23.1 Å². The first kappa shape index (κ1) is 14.3. The van der Waals surface area contributed by atoms with E-state index in [0.717, 1.165) is 4.47 Å². The topological polar surface area (TPSA) is 69.6 Å². The van der Waals surface area contributed by atoms with Gasteiger partial charge in [0, 0.05) is 17.6 Å². The van der Waals surface area contributed by atoms with Crippen LogP contribution in [0.15, 0.2) is 22.7 Å². The van der Waals surface area contributed by atoms with Gasteiger partial charge in [-0.3, -0.25) is 14.5 Å². The van der Waals surface area contributed by atoms with Crippen LogP contribution in [0.1, 0.15) is 0 Å². The number of carboxylic acids is 1. The molecule has 0 atom stereocenters. The van der Waals surface area contributed by atoms with Gasteiger partial charge >= 0.3 is 5.97 Å². The fourth-order valence-electron chi connectivity index (χ4n) is 1.84. The highest BCUT2D eigenvalue weighted by Gasteiger charge is 2.33. The van der Waals surface area contributed by atoms with Crippen LogP contribution in [0.3, 0.4) is 0 Å². The van der Waals surface area contributed by atoms with Gasteiger partial charge in [-0.25, -0.2) is 0 Å². The monoisotopic (exact) mass is 346 g/mol. The van der Waals surface area contributed by atoms with Gasteiger partial charge in [0.25, 0.3) is 0 Å². The number of carbonyl (C=O) groups is 2. The summed E-state index contributed by atoms with van der Waals surface area (Å²) in [7, 11) is 0. The van der Waals surface area contributed by atoms with E-state index in [-0.39, 0.29) is 18.4 Å². The number of likely N-dealkylation sites (tertiary alicyclic amines) is 1. The van der Waals surface area contributed by atoms with Crippen LogP contribution in [-0.4, -0.2) is 41.5 Å². The highest BCUT2D eigenvalue weighted by Crippen LogP contribution is 2.25. The van der Waals surface area contributed by atoms with Crippen molar-refractivity contribution in [2.24, 2.45) is 5.92 Å². The van der Waals surface area contributed by atoms with E-state index in [2.05, 4.69) is 21.2 Å². The van der Waals surface area contributed by atoms with Gasteiger partial charge in [-0.05, 0) is 18.2 Å².